The standard InChI is InChI=1S/C23H23N3O3S/c1-15-7-4-5-8-16(15)14-30-23-25-19-12-21(28-3)20(27-2)11-18(19)22(24)26(23)13-17-9-6-10-29-17/h4-12,24H,13-14H2,1-3H3. The topological polar surface area (TPSA) is 73.3 Å². The molecule has 0 atom stereocenters. The molecule has 4 rings (SSSR count). The van der Waals surface area contributed by atoms with Crippen LogP contribution in [-0.2, 0) is 12.3 Å². The first-order chi connectivity index (χ1) is 14.6. The predicted molar refractivity (Wildman–Crippen MR) is 117 cm³/mol. The van der Waals surface area contributed by atoms with Crippen molar-refractivity contribution in [2.45, 2.75) is 24.4 Å². The molecule has 30 heavy (non-hydrogen) atoms. The normalized spacial score (nSPS) is 11.0. The Morgan fingerprint density at radius 2 is 1.83 bits per heavy atom. The Labute approximate surface area is 179 Å². The van der Waals surface area contributed by atoms with Crippen molar-refractivity contribution >= 4 is 22.7 Å². The first kappa shape index (κ1) is 20.1. The van der Waals surface area contributed by atoms with E-state index in [1.165, 1.54) is 11.1 Å². The number of aromatic nitrogens is 2. The minimum absolute atomic E-state index is 0.352. The average molecular weight is 422 g/mol. The third-order valence-electron chi connectivity index (χ3n) is 4.99. The highest BCUT2D eigenvalue weighted by atomic mass is 32.2. The molecule has 0 aliphatic heterocycles. The van der Waals surface area contributed by atoms with E-state index in [1.807, 2.05) is 34.9 Å². The summed E-state index contributed by atoms with van der Waals surface area (Å²) in [7, 11) is 3.18. The van der Waals surface area contributed by atoms with Gasteiger partial charge in [-0.05, 0) is 36.2 Å². The van der Waals surface area contributed by atoms with Gasteiger partial charge in [0.15, 0.2) is 16.7 Å². The van der Waals surface area contributed by atoms with E-state index in [2.05, 4.69) is 19.1 Å². The third kappa shape index (κ3) is 3.93. The van der Waals surface area contributed by atoms with E-state index in [4.69, 9.17) is 24.3 Å². The fourth-order valence-electron chi connectivity index (χ4n) is 3.28. The van der Waals surface area contributed by atoms with Crippen LogP contribution in [-0.4, -0.2) is 23.8 Å². The molecular formula is C23H23N3O3S. The van der Waals surface area contributed by atoms with E-state index in [0.717, 1.165) is 16.7 Å². The summed E-state index contributed by atoms with van der Waals surface area (Å²) in [5, 5.41) is 10.3. The average Bonchev–Trinajstić information content (AvgIpc) is 3.28. The van der Waals surface area contributed by atoms with Crippen molar-refractivity contribution in [3.63, 3.8) is 0 Å². The maximum absolute atomic E-state index is 8.88. The summed E-state index contributed by atoms with van der Waals surface area (Å²) in [6.45, 7) is 2.53. The zero-order valence-electron chi connectivity index (χ0n) is 17.1. The molecule has 6 nitrogen and oxygen atoms in total. The lowest BCUT2D eigenvalue weighted by molar-refractivity contribution is 0.355. The van der Waals surface area contributed by atoms with Gasteiger partial charge in [0.2, 0.25) is 0 Å². The molecule has 2 aromatic heterocycles. The Hall–Kier alpha value is -3.19. The molecule has 0 bridgehead atoms. The van der Waals surface area contributed by atoms with E-state index in [1.54, 1.807) is 38.3 Å². The van der Waals surface area contributed by atoms with Crippen molar-refractivity contribution in [1.82, 2.24) is 9.55 Å². The van der Waals surface area contributed by atoms with Gasteiger partial charge < -0.3 is 13.9 Å². The van der Waals surface area contributed by atoms with Crippen LogP contribution in [0.15, 0.2) is 64.4 Å². The summed E-state index contributed by atoms with van der Waals surface area (Å²) < 4.78 is 18.3. The van der Waals surface area contributed by atoms with Gasteiger partial charge in [0, 0.05) is 17.2 Å². The summed E-state index contributed by atoms with van der Waals surface area (Å²) in [5.74, 6) is 2.70. The van der Waals surface area contributed by atoms with Crippen LogP contribution in [0.2, 0.25) is 0 Å². The van der Waals surface area contributed by atoms with Crippen molar-refractivity contribution < 1.29 is 13.9 Å². The van der Waals surface area contributed by atoms with Crippen LogP contribution in [0, 0.1) is 12.3 Å². The molecular weight excluding hydrogens is 398 g/mol. The van der Waals surface area contributed by atoms with Gasteiger partial charge in [-0.1, -0.05) is 36.0 Å². The lowest BCUT2D eigenvalue weighted by Gasteiger charge is -2.16. The van der Waals surface area contributed by atoms with Crippen LogP contribution in [0.3, 0.4) is 0 Å². The molecule has 0 amide bonds. The second-order valence-corrected chi connectivity index (χ2v) is 7.79. The van der Waals surface area contributed by atoms with Gasteiger partial charge in [-0.25, -0.2) is 4.98 Å². The van der Waals surface area contributed by atoms with Crippen LogP contribution < -0.4 is 15.0 Å². The van der Waals surface area contributed by atoms with Gasteiger partial charge in [-0.3, -0.25) is 9.98 Å². The molecule has 0 aliphatic carbocycles. The number of thioether (sulfide) groups is 1. The van der Waals surface area contributed by atoms with Gasteiger partial charge >= 0.3 is 0 Å². The smallest absolute Gasteiger partial charge is 0.170 e. The Balaban J connectivity index is 1.82. The molecule has 0 fully saturated rings. The minimum Gasteiger partial charge on any atom is -0.493 e. The highest BCUT2D eigenvalue weighted by Gasteiger charge is 2.15. The van der Waals surface area contributed by atoms with E-state index in [-0.39, 0.29) is 0 Å². The molecule has 4 aromatic rings. The van der Waals surface area contributed by atoms with Crippen molar-refractivity contribution in [3.05, 3.63) is 77.2 Å². The van der Waals surface area contributed by atoms with Crippen molar-refractivity contribution in [3.8, 4) is 11.5 Å². The maximum atomic E-state index is 8.88. The fourth-order valence-corrected chi connectivity index (χ4v) is 4.37. The molecule has 0 saturated carbocycles. The quantitative estimate of drug-likeness (QED) is 0.344. The first-order valence-electron chi connectivity index (χ1n) is 9.51. The lowest BCUT2D eigenvalue weighted by atomic mass is 10.1. The molecule has 0 spiro atoms. The van der Waals surface area contributed by atoms with Gasteiger partial charge in [0.05, 0.1) is 32.5 Å². The fraction of sp³-hybridized carbons (Fsp3) is 0.217. The number of methoxy groups -OCH3 is 2. The van der Waals surface area contributed by atoms with Crippen LogP contribution in [0.5, 0.6) is 11.5 Å². The SMILES string of the molecule is COc1cc2nc(SCc3ccccc3C)n(Cc3ccco3)c(=N)c2cc1OC. The molecule has 0 radical (unpaired) electrons. The zero-order chi connectivity index (χ0) is 21.1. The number of fused-ring (bicyclic) bond motifs is 1. The van der Waals surface area contributed by atoms with Gasteiger partial charge in [0.1, 0.15) is 11.2 Å². The largest absolute Gasteiger partial charge is 0.493 e. The molecule has 0 unspecified atom stereocenters. The highest BCUT2D eigenvalue weighted by Crippen LogP contribution is 2.32. The molecule has 0 aliphatic rings. The van der Waals surface area contributed by atoms with Gasteiger partial charge in [0.25, 0.3) is 0 Å². The molecule has 154 valence electrons. The zero-order valence-corrected chi connectivity index (χ0v) is 18.0. The number of aryl methyl sites for hydroxylation is 1. The Morgan fingerprint density at radius 1 is 1.07 bits per heavy atom. The van der Waals surface area contributed by atoms with E-state index in [9.17, 15) is 0 Å². The number of rotatable bonds is 7. The first-order valence-corrected chi connectivity index (χ1v) is 10.5. The number of ether oxygens (including phenoxy) is 2. The lowest BCUT2D eigenvalue weighted by Crippen LogP contribution is -2.24. The number of hydrogen-bond donors (Lipinski definition) is 1. The van der Waals surface area contributed by atoms with Crippen LogP contribution in [0.25, 0.3) is 10.9 Å². The van der Waals surface area contributed by atoms with Crippen LogP contribution in [0.4, 0.5) is 0 Å². The van der Waals surface area contributed by atoms with Gasteiger partial charge in [-0.15, -0.1) is 0 Å². The van der Waals surface area contributed by atoms with E-state index in [0.29, 0.717) is 34.4 Å². The number of furan rings is 1. The second-order valence-electron chi connectivity index (χ2n) is 6.85. The van der Waals surface area contributed by atoms with E-state index < -0.39 is 0 Å². The van der Waals surface area contributed by atoms with Gasteiger partial charge in [-0.2, -0.15) is 0 Å². The summed E-state index contributed by atoms with van der Waals surface area (Å²) in [6.07, 6.45) is 1.64. The summed E-state index contributed by atoms with van der Waals surface area (Å²) in [5.41, 5.74) is 3.53. The van der Waals surface area contributed by atoms with Crippen molar-refractivity contribution in [1.29, 1.82) is 5.41 Å². The number of nitrogens with one attached hydrogen (secondary N) is 1. The van der Waals surface area contributed by atoms with Crippen LogP contribution in [0.1, 0.15) is 16.9 Å². The summed E-state index contributed by atoms with van der Waals surface area (Å²) >= 11 is 1.61. The molecule has 7 heteroatoms. The number of nitrogens with zero attached hydrogens (tertiary/aromatic N) is 2. The van der Waals surface area contributed by atoms with Crippen molar-refractivity contribution in [2.24, 2.45) is 0 Å². The minimum atomic E-state index is 0.352. The monoisotopic (exact) mass is 421 g/mol. The summed E-state index contributed by atoms with van der Waals surface area (Å²) in [6, 6.07) is 15.7. The Kier molecular flexibility index (Phi) is 5.81. The number of hydrogen-bond acceptors (Lipinski definition) is 6. The molecule has 1 N–H and O–H groups in total. The van der Waals surface area contributed by atoms with Crippen LogP contribution >= 0.6 is 11.8 Å². The molecule has 0 saturated heterocycles. The maximum Gasteiger partial charge on any atom is 0.170 e. The summed E-state index contributed by atoms with van der Waals surface area (Å²) in [4.78, 5) is 4.87. The Morgan fingerprint density at radius 3 is 2.53 bits per heavy atom. The molecule has 2 heterocycles. The third-order valence-corrected chi connectivity index (χ3v) is 6.01. The predicted octanol–water partition coefficient (Wildman–Crippen LogP) is 4.77. The highest BCUT2D eigenvalue weighted by molar-refractivity contribution is 7.98. The van der Waals surface area contributed by atoms with Crippen molar-refractivity contribution in [2.75, 3.05) is 14.2 Å². The Bertz CT molecular complexity index is 1230. The molecule has 2 aromatic carbocycles. The number of benzene rings is 2. The van der Waals surface area contributed by atoms with E-state index >= 15 is 0 Å². The second kappa shape index (κ2) is 8.67.